The molecule has 0 aromatic heterocycles. The van der Waals surface area contributed by atoms with Crippen molar-refractivity contribution in [1.82, 2.24) is 0 Å². The lowest BCUT2D eigenvalue weighted by molar-refractivity contribution is 0.497. The van der Waals surface area contributed by atoms with Gasteiger partial charge in [-0.2, -0.15) is 0 Å². The first-order valence-electron chi connectivity index (χ1n) is 7.21. The Morgan fingerprint density at radius 2 is 1.78 bits per heavy atom. The van der Waals surface area contributed by atoms with E-state index in [-0.39, 0.29) is 5.41 Å². The smallest absolute Gasteiger partial charge is 0.0129 e. The van der Waals surface area contributed by atoms with E-state index in [1.54, 1.807) is 0 Å². The van der Waals surface area contributed by atoms with E-state index in [0.29, 0.717) is 0 Å². The molecule has 0 fully saturated rings. The van der Waals surface area contributed by atoms with Crippen molar-refractivity contribution in [3.05, 3.63) is 35.5 Å². The van der Waals surface area contributed by atoms with Crippen LogP contribution in [0.4, 0.5) is 0 Å². The molecule has 0 radical (unpaired) electrons. The standard InChI is InChI=1S/C18H32/c1-9-16(12-10-11-14(2)3)17(13-15(4)5)18(6,7)8/h9,13-14H,4,10-12H2,1-3,5-8H3/b16-9?,17-13+. The van der Waals surface area contributed by atoms with Crippen LogP contribution in [0.15, 0.2) is 35.5 Å². The zero-order valence-corrected chi connectivity index (χ0v) is 13.6. The molecular formula is C18H32. The van der Waals surface area contributed by atoms with Crippen molar-refractivity contribution in [2.24, 2.45) is 11.3 Å². The molecule has 0 aliphatic heterocycles. The molecule has 0 saturated heterocycles. The van der Waals surface area contributed by atoms with Crippen molar-refractivity contribution in [3.8, 4) is 0 Å². The third kappa shape index (κ3) is 6.83. The molecule has 0 atom stereocenters. The molecule has 0 spiro atoms. The van der Waals surface area contributed by atoms with Gasteiger partial charge in [-0.1, -0.05) is 65.3 Å². The van der Waals surface area contributed by atoms with E-state index >= 15 is 0 Å². The molecule has 104 valence electrons. The van der Waals surface area contributed by atoms with Gasteiger partial charge in [0.1, 0.15) is 0 Å². The third-order valence-corrected chi connectivity index (χ3v) is 3.12. The summed E-state index contributed by atoms with van der Waals surface area (Å²) in [6, 6.07) is 0. The molecule has 0 saturated carbocycles. The summed E-state index contributed by atoms with van der Waals surface area (Å²) in [5, 5.41) is 0. The van der Waals surface area contributed by atoms with Crippen LogP contribution in [0, 0.1) is 11.3 Å². The first kappa shape index (κ1) is 17.2. The summed E-state index contributed by atoms with van der Waals surface area (Å²) in [5.74, 6) is 0.798. The van der Waals surface area contributed by atoms with Crippen LogP contribution in [0.5, 0.6) is 0 Å². The summed E-state index contributed by atoms with van der Waals surface area (Å²) in [5.41, 5.74) is 4.27. The van der Waals surface area contributed by atoms with Gasteiger partial charge in [-0.25, -0.2) is 0 Å². The van der Waals surface area contributed by atoms with E-state index in [1.807, 2.05) is 0 Å². The lowest BCUT2D eigenvalue weighted by Gasteiger charge is -2.26. The van der Waals surface area contributed by atoms with E-state index in [9.17, 15) is 0 Å². The van der Waals surface area contributed by atoms with Gasteiger partial charge in [-0.05, 0) is 49.2 Å². The van der Waals surface area contributed by atoms with Crippen LogP contribution in [0.25, 0.3) is 0 Å². The number of hydrogen-bond donors (Lipinski definition) is 0. The van der Waals surface area contributed by atoms with Crippen LogP contribution < -0.4 is 0 Å². The number of rotatable bonds is 6. The Balaban J connectivity index is 4.92. The van der Waals surface area contributed by atoms with Crippen molar-refractivity contribution >= 4 is 0 Å². The SMILES string of the molecule is C=C(C)/C=C(\C(=CC)CCCC(C)C)C(C)(C)C. The van der Waals surface area contributed by atoms with Gasteiger partial charge >= 0.3 is 0 Å². The number of hydrogen-bond acceptors (Lipinski definition) is 0. The normalized spacial score (nSPS) is 14.2. The highest BCUT2D eigenvalue weighted by molar-refractivity contribution is 5.39. The minimum atomic E-state index is 0.193. The van der Waals surface area contributed by atoms with Gasteiger partial charge in [0.15, 0.2) is 0 Å². The molecule has 0 aliphatic rings. The Morgan fingerprint density at radius 1 is 1.22 bits per heavy atom. The van der Waals surface area contributed by atoms with Crippen molar-refractivity contribution in [1.29, 1.82) is 0 Å². The molecule has 0 heterocycles. The maximum absolute atomic E-state index is 4.03. The zero-order valence-electron chi connectivity index (χ0n) is 13.6. The molecule has 0 nitrogen and oxygen atoms in total. The fourth-order valence-electron chi connectivity index (χ4n) is 2.17. The van der Waals surface area contributed by atoms with E-state index in [1.165, 1.54) is 30.4 Å². The van der Waals surface area contributed by atoms with Crippen molar-refractivity contribution in [2.45, 2.75) is 67.7 Å². The molecule has 0 unspecified atom stereocenters. The molecule has 0 aliphatic carbocycles. The lowest BCUT2D eigenvalue weighted by atomic mass is 9.79. The first-order chi connectivity index (χ1) is 8.18. The third-order valence-electron chi connectivity index (χ3n) is 3.12. The van der Waals surface area contributed by atoms with Crippen molar-refractivity contribution < 1.29 is 0 Å². The quantitative estimate of drug-likeness (QED) is 0.483. The van der Waals surface area contributed by atoms with Crippen LogP contribution in [0.2, 0.25) is 0 Å². The summed E-state index contributed by atoms with van der Waals surface area (Å²) >= 11 is 0. The Hall–Kier alpha value is -0.780. The van der Waals surface area contributed by atoms with E-state index < -0.39 is 0 Å². The van der Waals surface area contributed by atoms with Gasteiger partial charge in [0.05, 0.1) is 0 Å². The highest BCUT2D eigenvalue weighted by Crippen LogP contribution is 2.34. The second-order valence-electron chi connectivity index (χ2n) is 6.75. The average Bonchev–Trinajstić information content (AvgIpc) is 2.19. The van der Waals surface area contributed by atoms with Gasteiger partial charge < -0.3 is 0 Å². The molecule has 18 heavy (non-hydrogen) atoms. The Labute approximate surface area is 115 Å². The van der Waals surface area contributed by atoms with Crippen LogP contribution in [-0.2, 0) is 0 Å². The predicted molar refractivity (Wildman–Crippen MR) is 84.8 cm³/mol. The van der Waals surface area contributed by atoms with Gasteiger partial charge in [-0.15, -0.1) is 0 Å². The van der Waals surface area contributed by atoms with Gasteiger partial charge in [-0.3, -0.25) is 0 Å². The summed E-state index contributed by atoms with van der Waals surface area (Å²) in [7, 11) is 0. The largest absolute Gasteiger partial charge is 0.0961 e. The maximum atomic E-state index is 4.03. The average molecular weight is 248 g/mol. The molecule has 0 aromatic carbocycles. The highest BCUT2D eigenvalue weighted by Gasteiger charge is 2.19. The van der Waals surface area contributed by atoms with Gasteiger partial charge in [0.2, 0.25) is 0 Å². The predicted octanol–water partition coefficient (Wildman–Crippen LogP) is 6.31. The van der Waals surface area contributed by atoms with Crippen LogP contribution >= 0.6 is 0 Å². The lowest BCUT2D eigenvalue weighted by Crippen LogP contribution is -2.12. The molecule has 0 N–H and O–H groups in total. The topological polar surface area (TPSA) is 0 Å². The van der Waals surface area contributed by atoms with E-state index in [2.05, 4.69) is 67.2 Å². The summed E-state index contributed by atoms with van der Waals surface area (Å²) in [6.45, 7) is 19.7. The maximum Gasteiger partial charge on any atom is -0.0129 e. The van der Waals surface area contributed by atoms with Crippen LogP contribution in [0.3, 0.4) is 0 Å². The Kier molecular flexibility index (Phi) is 7.28. The van der Waals surface area contributed by atoms with Crippen molar-refractivity contribution in [3.63, 3.8) is 0 Å². The van der Waals surface area contributed by atoms with Crippen LogP contribution in [-0.4, -0.2) is 0 Å². The van der Waals surface area contributed by atoms with E-state index in [4.69, 9.17) is 0 Å². The van der Waals surface area contributed by atoms with Gasteiger partial charge in [0.25, 0.3) is 0 Å². The molecule has 0 aromatic rings. The van der Waals surface area contributed by atoms with Crippen molar-refractivity contribution in [2.75, 3.05) is 0 Å². The summed E-state index contributed by atoms with van der Waals surface area (Å²) in [4.78, 5) is 0. The Morgan fingerprint density at radius 3 is 2.11 bits per heavy atom. The minimum absolute atomic E-state index is 0.193. The second-order valence-corrected chi connectivity index (χ2v) is 6.75. The summed E-state index contributed by atoms with van der Waals surface area (Å²) in [6.07, 6.45) is 8.30. The Bertz CT molecular complexity index is 318. The zero-order chi connectivity index (χ0) is 14.3. The first-order valence-corrected chi connectivity index (χ1v) is 7.21. The van der Waals surface area contributed by atoms with Gasteiger partial charge in [0, 0.05) is 0 Å². The molecule has 0 heteroatoms. The van der Waals surface area contributed by atoms with E-state index in [0.717, 1.165) is 11.5 Å². The molecule has 0 rings (SSSR count). The fraction of sp³-hybridized carbons (Fsp3) is 0.667. The summed E-state index contributed by atoms with van der Waals surface area (Å²) < 4.78 is 0. The fourth-order valence-corrected chi connectivity index (χ4v) is 2.17. The van der Waals surface area contributed by atoms with Crippen LogP contribution in [0.1, 0.15) is 67.7 Å². The molecule has 0 amide bonds. The molecular weight excluding hydrogens is 216 g/mol. The highest BCUT2D eigenvalue weighted by atomic mass is 14.2. The number of allylic oxidation sites excluding steroid dienone is 5. The second kappa shape index (κ2) is 7.61. The monoisotopic (exact) mass is 248 g/mol. The minimum Gasteiger partial charge on any atom is -0.0961 e. The molecule has 0 bridgehead atoms.